The average molecular weight is 234 g/mol. The molecule has 0 aromatic heterocycles. The van der Waals surface area contributed by atoms with Crippen molar-refractivity contribution in [3.8, 4) is 0 Å². The maximum atomic E-state index is 11.3. The summed E-state index contributed by atoms with van der Waals surface area (Å²) in [5.74, 6) is 0. The van der Waals surface area contributed by atoms with Crippen molar-refractivity contribution in [2.45, 2.75) is 25.4 Å². The van der Waals surface area contributed by atoms with E-state index in [1.165, 1.54) is 0 Å². The first-order chi connectivity index (χ1) is 8.27. The Kier molecular flexibility index (Phi) is 3.98. The summed E-state index contributed by atoms with van der Waals surface area (Å²) in [5, 5.41) is 12.5. The molecule has 4 nitrogen and oxygen atoms in total. The lowest BCUT2D eigenvalue weighted by molar-refractivity contribution is 0.109. The van der Waals surface area contributed by atoms with E-state index in [4.69, 9.17) is 0 Å². The molecule has 2 rings (SSSR count). The van der Waals surface area contributed by atoms with Crippen LogP contribution in [0.5, 0.6) is 0 Å². The van der Waals surface area contributed by atoms with Gasteiger partial charge in [0.25, 0.3) is 0 Å². The molecule has 1 fully saturated rings. The fraction of sp³-hybridized carbons (Fsp3) is 0.462. The maximum Gasteiger partial charge on any atom is 0.407 e. The summed E-state index contributed by atoms with van der Waals surface area (Å²) in [4.78, 5) is 12.9. The van der Waals surface area contributed by atoms with Gasteiger partial charge in [-0.2, -0.15) is 0 Å². The molecule has 1 amide bonds. The Morgan fingerprint density at radius 3 is 2.53 bits per heavy atom. The number of carbonyl (C=O) groups is 1. The van der Waals surface area contributed by atoms with E-state index in [2.05, 4.69) is 5.32 Å². The van der Waals surface area contributed by atoms with Crippen LogP contribution in [0.1, 0.15) is 18.4 Å². The number of carboxylic acid groups (broad SMARTS) is 1. The van der Waals surface area contributed by atoms with Crippen LogP contribution in [0.15, 0.2) is 30.3 Å². The minimum Gasteiger partial charge on any atom is -0.465 e. The number of nitrogens with one attached hydrogen (secondary N) is 1. The van der Waals surface area contributed by atoms with Crippen LogP contribution < -0.4 is 5.32 Å². The summed E-state index contributed by atoms with van der Waals surface area (Å²) in [5.41, 5.74) is 1.05. The lowest BCUT2D eigenvalue weighted by Gasteiger charge is -2.32. The molecule has 1 aromatic carbocycles. The van der Waals surface area contributed by atoms with E-state index in [1.54, 1.807) is 4.90 Å². The Morgan fingerprint density at radius 2 is 1.94 bits per heavy atom. The fourth-order valence-electron chi connectivity index (χ4n) is 2.25. The third kappa shape index (κ3) is 3.20. The van der Waals surface area contributed by atoms with Gasteiger partial charge in [0.1, 0.15) is 0 Å². The Morgan fingerprint density at radius 1 is 1.29 bits per heavy atom. The first-order valence-corrected chi connectivity index (χ1v) is 6.01. The predicted molar refractivity (Wildman–Crippen MR) is 65.9 cm³/mol. The standard InChI is InChI=1S/C13H18N2O2/c16-13(17)15(12-6-8-14-9-7-12)10-11-4-2-1-3-5-11/h1-5,12,14H,6-10H2,(H,16,17). The highest BCUT2D eigenvalue weighted by Gasteiger charge is 2.24. The highest BCUT2D eigenvalue weighted by Crippen LogP contribution is 2.15. The van der Waals surface area contributed by atoms with Crippen molar-refractivity contribution < 1.29 is 9.90 Å². The van der Waals surface area contributed by atoms with Gasteiger partial charge in [-0.25, -0.2) is 4.79 Å². The molecule has 1 aliphatic rings. The second-order valence-corrected chi connectivity index (χ2v) is 4.38. The number of rotatable bonds is 3. The third-order valence-corrected chi connectivity index (χ3v) is 3.19. The van der Waals surface area contributed by atoms with E-state index >= 15 is 0 Å². The average Bonchev–Trinajstić information content (AvgIpc) is 2.38. The van der Waals surface area contributed by atoms with Gasteiger partial charge in [0.2, 0.25) is 0 Å². The van der Waals surface area contributed by atoms with Crippen LogP contribution in [0.4, 0.5) is 4.79 Å². The second-order valence-electron chi connectivity index (χ2n) is 4.38. The summed E-state index contributed by atoms with van der Waals surface area (Å²) < 4.78 is 0. The van der Waals surface area contributed by atoms with E-state index < -0.39 is 6.09 Å². The largest absolute Gasteiger partial charge is 0.465 e. The van der Waals surface area contributed by atoms with Crippen molar-refractivity contribution in [2.75, 3.05) is 13.1 Å². The molecule has 92 valence electrons. The summed E-state index contributed by atoms with van der Waals surface area (Å²) in [6.07, 6.45) is 0.985. The lowest BCUT2D eigenvalue weighted by atomic mass is 10.0. The number of hydrogen-bond acceptors (Lipinski definition) is 2. The van der Waals surface area contributed by atoms with E-state index in [0.29, 0.717) is 6.54 Å². The summed E-state index contributed by atoms with van der Waals surface area (Å²) in [6.45, 7) is 2.30. The minimum atomic E-state index is -0.819. The molecule has 0 aliphatic carbocycles. The van der Waals surface area contributed by atoms with Gasteiger partial charge in [0.05, 0.1) is 0 Å². The van der Waals surface area contributed by atoms with E-state index in [9.17, 15) is 9.90 Å². The van der Waals surface area contributed by atoms with Gasteiger partial charge in [-0.05, 0) is 31.5 Å². The van der Waals surface area contributed by atoms with Crippen LogP contribution in [0, 0.1) is 0 Å². The molecule has 1 heterocycles. The van der Waals surface area contributed by atoms with Crippen molar-refractivity contribution >= 4 is 6.09 Å². The zero-order valence-corrected chi connectivity index (χ0v) is 9.80. The summed E-state index contributed by atoms with van der Waals surface area (Å²) in [6, 6.07) is 9.91. The van der Waals surface area contributed by atoms with E-state index in [1.807, 2.05) is 30.3 Å². The van der Waals surface area contributed by atoms with Gasteiger partial charge in [-0.15, -0.1) is 0 Å². The van der Waals surface area contributed by atoms with Gasteiger partial charge in [0.15, 0.2) is 0 Å². The van der Waals surface area contributed by atoms with E-state index in [-0.39, 0.29) is 6.04 Å². The van der Waals surface area contributed by atoms with Crippen LogP contribution in [0.3, 0.4) is 0 Å². The molecule has 0 bridgehead atoms. The Hall–Kier alpha value is -1.55. The van der Waals surface area contributed by atoms with Gasteiger partial charge >= 0.3 is 6.09 Å². The number of amides is 1. The fourth-order valence-corrected chi connectivity index (χ4v) is 2.25. The highest BCUT2D eigenvalue weighted by molar-refractivity contribution is 5.65. The smallest absolute Gasteiger partial charge is 0.407 e. The molecule has 1 saturated heterocycles. The molecule has 0 saturated carbocycles. The van der Waals surface area contributed by atoms with Crippen LogP contribution in [0.25, 0.3) is 0 Å². The van der Waals surface area contributed by atoms with Crippen molar-refractivity contribution in [1.29, 1.82) is 0 Å². The minimum absolute atomic E-state index is 0.147. The predicted octanol–water partition coefficient (Wildman–Crippen LogP) is 1.92. The number of nitrogens with zero attached hydrogens (tertiary/aromatic N) is 1. The zero-order chi connectivity index (χ0) is 12.1. The van der Waals surface area contributed by atoms with Crippen molar-refractivity contribution in [1.82, 2.24) is 10.2 Å². The number of hydrogen-bond donors (Lipinski definition) is 2. The van der Waals surface area contributed by atoms with Crippen LogP contribution in [-0.2, 0) is 6.54 Å². The van der Waals surface area contributed by atoms with Gasteiger partial charge in [-0.1, -0.05) is 30.3 Å². The lowest BCUT2D eigenvalue weighted by Crippen LogP contribution is -2.45. The summed E-state index contributed by atoms with van der Waals surface area (Å²) >= 11 is 0. The van der Waals surface area contributed by atoms with Crippen molar-refractivity contribution in [3.63, 3.8) is 0 Å². The van der Waals surface area contributed by atoms with Gasteiger partial charge < -0.3 is 15.3 Å². The normalized spacial score (nSPS) is 16.7. The molecular weight excluding hydrogens is 216 g/mol. The zero-order valence-electron chi connectivity index (χ0n) is 9.80. The molecule has 1 aliphatic heterocycles. The molecule has 0 spiro atoms. The summed E-state index contributed by atoms with van der Waals surface area (Å²) in [7, 11) is 0. The molecule has 2 N–H and O–H groups in total. The molecule has 0 unspecified atom stereocenters. The molecule has 17 heavy (non-hydrogen) atoms. The topological polar surface area (TPSA) is 52.6 Å². The molecule has 4 heteroatoms. The number of piperidine rings is 1. The van der Waals surface area contributed by atoms with Crippen molar-refractivity contribution in [3.05, 3.63) is 35.9 Å². The maximum absolute atomic E-state index is 11.3. The first-order valence-electron chi connectivity index (χ1n) is 6.01. The Bertz CT molecular complexity index is 361. The quantitative estimate of drug-likeness (QED) is 0.840. The third-order valence-electron chi connectivity index (χ3n) is 3.19. The van der Waals surface area contributed by atoms with Crippen LogP contribution in [0.2, 0.25) is 0 Å². The molecule has 0 atom stereocenters. The monoisotopic (exact) mass is 234 g/mol. The second kappa shape index (κ2) is 5.68. The van der Waals surface area contributed by atoms with Gasteiger partial charge in [-0.3, -0.25) is 0 Å². The highest BCUT2D eigenvalue weighted by atomic mass is 16.4. The Labute approximate surface area is 101 Å². The number of benzene rings is 1. The van der Waals surface area contributed by atoms with Crippen LogP contribution in [-0.4, -0.2) is 35.2 Å². The first kappa shape index (κ1) is 11.9. The molecule has 1 aromatic rings. The SMILES string of the molecule is O=C(O)N(Cc1ccccc1)C1CCNCC1. The van der Waals surface area contributed by atoms with Crippen molar-refractivity contribution in [2.24, 2.45) is 0 Å². The van der Waals surface area contributed by atoms with Crippen LogP contribution >= 0.6 is 0 Å². The van der Waals surface area contributed by atoms with Gasteiger partial charge in [0, 0.05) is 12.6 Å². The molecular formula is C13H18N2O2. The Balaban J connectivity index is 2.04. The molecule has 0 radical (unpaired) electrons. The van der Waals surface area contributed by atoms with E-state index in [0.717, 1.165) is 31.5 Å².